The van der Waals surface area contributed by atoms with Gasteiger partial charge in [0.05, 0.1) is 0 Å². The molecule has 0 radical (unpaired) electrons. The van der Waals surface area contributed by atoms with Gasteiger partial charge in [-0.3, -0.25) is 4.90 Å². The maximum absolute atomic E-state index is 4.70. The standard InChI is InChI=1S/C16H25NS2/c18-13-16(7-2-1-3-8-16)12-17(15-4-5-15)10-14-6-9-19-11-14/h6,9,11,15,18H,1-5,7-8,10,12-13H2. The van der Waals surface area contributed by atoms with Crippen molar-refractivity contribution in [2.45, 2.75) is 57.5 Å². The second-order valence-corrected chi connectivity index (χ2v) is 7.58. The Bertz CT molecular complexity index is 377. The highest BCUT2D eigenvalue weighted by atomic mass is 32.1. The molecule has 0 N–H and O–H groups in total. The van der Waals surface area contributed by atoms with Crippen molar-refractivity contribution in [3.8, 4) is 0 Å². The van der Waals surface area contributed by atoms with Crippen LogP contribution in [0.4, 0.5) is 0 Å². The van der Waals surface area contributed by atoms with E-state index in [2.05, 4.69) is 21.7 Å². The summed E-state index contributed by atoms with van der Waals surface area (Å²) in [5, 5.41) is 4.51. The molecule has 0 aromatic carbocycles. The molecule has 3 rings (SSSR count). The molecule has 0 bridgehead atoms. The van der Waals surface area contributed by atoms with Gasteiger partial charge in [0.2, 0.25) is 0 Å². The number of rotatable bonds is 6. The van der Waals surface area contributed by atoms with Gasteiger partial charge in [-0.25, -0.2) is 0 Å². The Kier molecular flexibility index (Phi) is 4.55. The first-order chi connectivity index (χ1) is 9.31. The normalized spacial score (nSPS) is 22.8. The molecule has 1 aromatic rings. The summed E-state index contributed by atoms with van der Waals surface area (Å²) < 4.78 is 0. The third kappa shape index (κ3) is 3.56. The van der Waals surface area contributed by atoms with E-state index in [1.807, 2.05) is 11.3 Å². The van der Waals surface area contributed by atoms with Crippen LogP contribution in [-0.2, 0) is 6.54 Å². The van der Waals surface area contributed by atoms with Crippen molar-refractivity contribution < 1.29 is 0 Å². The summed E-state index contributed by atoms with van der Waals surface area (Å²) in [5.41, 5.74) is 2.00. The first kappa shape index (κ1) is 14.0. The lowest BCUT2D eigenvalue weighted by Gasteiger charge is -2.40. The summed E-state index contributed by atoms with van der Waals surface area (Å²) in [6, 6.07) is 3.15. The lowest BCUT2D eigenvalue weighted by molar-refractivity contribution is 0.115. The number of thiophene rings is 1. The van der Waals surface area contributed by atoms with Crippen molar-refractivity contribution in [1.82, 2.24) is 4.90 Å². The van der Waals surface area contributed by atoms with Gasteiger partial charge in [-0.05, 0) is 59.2 Å². The molecule has 1 nitrogen and oxygen atoms in total. The van der Waals surface area contributed by atoms with Crippen LogP contribution in [0.3, 0.4) is 0 Å². The Morgan fingerprint density at radius 1 is 1.26 bits per heavy atom. The van der Waals surface area contributed by atoms with Crippen molar-refractivity contribution in [1.29, 1.82) is 0 Å². The van der Waals surface area contributed by atoms with Crippen LogP contribution in [0.15, 0.2) is 16.8 Å². The fourth-order valence-corrected chi connectivity index (χ4v) is 4.55. The molecule has 0 atom stereocenters. The van der Waals surface area contributed by atoms with E-state index in [9.17, 15) is 0 Å². The van der Waals surface area contributed by atoms with Crippen molar-refractivity contribution in [3.63, 3.8) is 0 Å². The molecule has 0 aliphatic heterocycles. The zero-order chi connectivity index (χ0) is 13.1. The van der Waals surface area contributed by atoms with Gasteiger partial charge in [0.25, 0.3) is 0 Å². The zero-order valence-corrected chi connectivity index (χ0v) is 13.4. The van der Waals surface area contributed by atoms with Crippen LogP contribution in [0.25, 0.3) is 0 Å². The lowest BCUT2D eigenvalue weighted by atomic mass is 9.75. The van der Waals surface area contributed by atoms with Crippen LogP contribution in [0.5, 0.6) is 0 Å². The highest BCUT2D eigenvalue weighted by Gasteiger charge is 2.37. The molecule has 0 saturated heterocycles. The quantitative estimate of drug-likeness (QED) is 0.751. The van der Waals surface area contributed by atoms with E-state index in [0.717, 1.165) is 18.3 Å². The molecule has 0 unspecified atom stereocenters. The van der Waals surface area contributed by atoms with Crippen LogP contribution in [0.1, 0.15) is 50.5 Å². The number of thiol groups is 1. The van der Waals surface area contributed by atoms with Crippen LogP contribution in [-0.4, -0.2) is 23.2 Å². The molecule has 3 heteroatoms. The van der Waals surface area contributed by atoms with Gasteiger partial charge in [-0.15, -0.1) is 0 Å². The molecule has 0 amide bonds. The predicted octanol–water partition coefficient (Wildman–Crippen LogP) is 4.59. The number of nitrogens with zero attached hydrogens (tertiary/aromatic N) is 1. The molecule has 2 aliphatic carbocycles. The summed E-state index contributed by atoms with van der Waals surface area (Å²) in [7, 11) is 0. The van der Waals surface area contributed by atoms with E-state index in [-0.39, 0.29) is 0 Å². The van der Waals surface area contributed by atoms with Crippen LogP contribution in [0.2, 0.25) is 0 Å². The molecule has 19 heavy (non-hydrogen) atoms. The van der Waals surface area contributed by atoms with Crippen LogP contribution >= 0.6 is 24.0 Å². The molecule has 1 heterocycles. The Morgan fingerprint density at radius 2 is 2.05 bits per heavy atom. The highest BCUT2D eigenvalue weighted by molar-refractivity contribution is 7.80. The van der Waals surface area contributed by atoms with Gasteiger partial charge in [-0.2, -0.15) is 24.0 Å². The SMILES string of the molecule is SCC1(CN(Cc2ccsc2)C2CC2)CCCCC1. The van der Waals surface area contributed by atoms with Gasteiger partial charge in [0, 0.05) is 19.1 Å². The topological polar surface area (TPSA) is 3.24 Å². The smallest absolute Gasteiger partial charge is 0.0245 e. The largest absolute Gasteiger partial charge is 0.296 e. The van der Waals surface area contributed by atoms with E-state index in [4.69, 9.17) is 12.6 Å². The molecule has 2 aliphatic rings. The monoisotopic (exact) mass is 295 g/mol. The maximum atomic E-state index is 4.70. The fraction of sp³-hybridized carbons (Fsp3) is 0.750. The summed E-state index contributed by atoms with van der Waals surface area (Å²) in [4.78, 5) is 2.75. The van der Waals surface area contributed by atoms with Crippen LogP contribution < -0.4 is 0 Å². The van der Waals surface area contributed by atoms with Gasteiger partial charge in [-0.1, -0.05) is 19.3 Å². The number of hydrogen-bond acceptors (Lipinski definition) is 3. The first-order valence-corrected chi connectivity index (χ1v) is 9.25. The van der Waals surface area contributed by atoms with E-state index >= 15 is 0 Å². The number of hydrogen-bond donors (Lipinski definition) is 1. The molecule has 0 spiro atoms. The average Bonchev–Trinajstić information content (AvgIpc) is 3.18. The summed E-state index contributed by atoms with van der Waals surface area (Å²) in [6.07, 6.45) is 9.87. The molecule has 1 aromatic heterocycles. The fourth-order valence-electron chi connectivity index (χ4n) is 3.47. The Labute approximate surface area is 126 Å². The molecular weight excluding hydrogens is 270 g/mol. The average molecular weight is 296 g/mol. The predicted molar refractivity (Wildman–Crippen MR) is 87.1 cm³/mol. The van der Waals surface area contributed by atoms with Crippen molar-refractivity contribution >= 4 is 24.0 Å². The Morgan fingerprint density at radius 3 is 2.63 bits per heavy atom. The van der Waals surface area contributed by atoms with Gasteiger partial charge < -0.3 is 0 Å². The lowest BCUT2D eigenvalue weighted by Crippen LogP contribution is -2.41. The Balaban J connectivity index is 1.66. The molecular formula is C16H25NS2. The first-order valence-electron chi connectivity index (χ1n) is 7.67. The van der Waals surface area contributed by atoms with Crippen molar-refractivity contribution in [3.05, 3.63) is 22.4 Å². The van der Waals surface area contributed by atoms with E-state index < -0.39 is 0 Å². The van der Waals surface area contributed by atoms with Gasteiger partial charge >= 0.3 is 0 Å². The van der Waals surface area contributed by atoms with E-state index in [1.54, 1.807) is 0 Å². The summed E-state index contributed by atoms with van der Waals surface area (Å²) in [5.74, 6) is 1.07. The minimum absolute atomic E-state index is 0.500. The molecule has 2 fully saturated rings. The molecule has 2 saturated carbocycles. The third-order valence-corrected chi connectivity index (χ3v) is 6.22. The van der Waals surface area contributed by atoms with Crippen LogP contribution in [0, 0.1) is 5.41 Å². The van der Waals surface area contributed by atoms with Gasteiger partial charge in [0.1, 0.15) is 0 Å². The maximum Gasteiger partial charge on any atom is 0.0245 e. The van der Waals surface area contributed by atoms with E-state index in [1.165, 1.54) is 57.1 Å². The van der Waals surface area contributed by atoms with Crippen molar-refractivity contribution in [2.75, 3.05) is 12.3 Å². The summed E-state index contributed by atoms with van der Waals surface area (Å²) >= 11 is 6.52. The van der Waals surface area contributed by atoms with E-state index in [0.29, 0.717) is 5.41 Å². The minimum atomic E-state index is 0.500. The second kappa shape index (κ2) is 6.19. The Hall–Kier alpha value is 0.01000. The van der Waals surface area contributed by atoms with Gasteiger partial charge in [0.15, 0.2) is 0 Å². The summed E-state index contributed by atoms with van der Waals surface area (Å²) in [6.45, 7) is 2.43. The minimum Gasteiger partial charge on any atom is -0.296 e. The highest BCUT2D eigenvalue weighted by Crippen LogP contribution is 2.41. The second-order valence-electron chi connectivity index (χ2n) is 6.49. The molecule has 106 valence electrons. The van der Waals surface area contributed by atoms with Crippen molar-refractivity contribution in [2.24, 2.45) is 5.41 Å². The zero-order valence-electron chi connectivity index (χ0n) is 11.7. The third-order valence-electron chi connectivity index (χ3n) is 4.82.